The third-order valence-electron chi connectivity index (χ3n) is 2.53. The quantitative estimate of drug-likeness (QED) is 0.894. The Morgan fingerprint density at radius 2 is 2.10 bits per heavy atom. The van der Waals surface area contributed by atoms with Crippen LogP contribution in [0.2, 0.25) is 0 Å². The van der Waals surface area contributed by atoms with E-state index in [1.807, 2.05) is 0 Å². The summed E-state index contributed by atoms with van der Waals surface area (Å²) in [4.78, 5) is 0.938. The molecule has 0 amide bonds. The first-order valence-corrected chi connectivity index (χ1v) is 5.85. The summed E-state index contributed by atoms with van der Waals surface area (Å²) in [6.45, 7) is -0.0305. The third-order valence-corrected chi connectivity index (χ3v) is 2.53. The zero-order valence-corrected chi connectivity index (χ0v) is 10.6. The minimum absolute atomic E-state index is 0.0686. The first-order chi connectivity index (χ1) is 9.95. The highest BCUT2D eigenvalue weighted by atomic mass is 19.4. The molecule has 0 radical (unpaired) electrons. The maximum Gasteiger partial charge on any atom is 0.416 e. The maximum absolute atomic E-state index is 12.7. The van der Waals surface area contributed by atoms with Crippen LogP contribution in [0.5, 0.6) is 0 Å². The second-order valence-corrected chi connectivity index (χ2v) is 4.00. The van der Waals surface area contributed by atoms with Gasteiger partial charge >= 0.3 is 6.18 Å². The lowest BCUT2D eigenvalue weighted by atomic mass is 10.2. The topological polar surface area (TPSA) is 86.8 Å². The summed E-state index contributed by atoms with van der Waals surface area (Å²) >= 11 is 0. The molecule has 1 aromatic heterocycles. The summed E-state index contributed by atoms with van der Waals surface area (Å²) in [5.74, 6) is 0.101. The number of halogens is 3. The SMILES string of the molecule is N#Cc1nn(-c2cccc(C(F)(F)F)c2)nc1NCCO. The van der Waals surface area contributed by atoms with E-state index in [9.17, 15) is 13.2 Å². The molecule has 0 aliphatic carbocycles. The van der Waals surface area contributed by atoms with Gasteiger partial charge in [-0.15, -0.1) is 15.0 Å². The molecular weight excluding hydrogens is 287 g/mol. The van der Waals surface area contributed by atoms with Gasteiger partial charge < -0.3 is 10.4 Å². The summed E-state index contributed by atoms with van der Waals surface area (Å²) in [5.41, 5.74) is -0.820. The Balaban J connectivity index is 2.39. The normalized spacial score (nSPS) is 11.2. The number of rotatable bonds is 4. The highest BCUT2D eigenvalue weighted by Crippen LogP contribution is 2.30. The van der Waals surface area contributed by atoms with Gasteiger partial charge in [0.15, 0.2) is 5.82 Å². The van der Waals surface area contributed by atoms with E-state index in [1.165, 1.54) is 12.1 Å². The summed E-state index contributed by atoms with van der Waals surface area (Å²) in [6.07, 6.45) is -4.47. The molecule has 9 heteroatoms. The fraction of sp³-hybridized carbons (Fsp3) is 0.250. The number of hydrogen-bond acceptors (Lipinski definition) is 5. The zero-order chi connectivity index (χ0) is 15.5. The Hall–Kier alpha value is -2.60. The number of alkyl halides is 3. The molecule has 0 aliphatic heterocycles. The highest BCUT2D eigenvalue weighted by molar-refractivity contribution is 5.48. The predicted octanol–water partition coefficient (Wildman–Crippen LogP) is 1.56. The van der Waals surface area contributed by atoms with Crippen molar-refractivity contribution in [1.82, 2.24) is 15.0 Å². The van der Waals surface area contributed by atoms with Gasteiger partial charge in [0.1, 0.15) is 6.07 Å². The van der Waals surface area contributed by atoms with Crippen LogP contribution in [0.15, 0.2) is 24.3 Å². The summed E-state index contributed by atoms with van der Waals surface area (Å²) in [7, 11) is 0. The van der Waals surface area contributed by atoms with Gasteiger partial charge in [-0.1, -0.05) is 6.07 Å². The van der Waals surface area contributed by atoms with Crippen molar-refractivity contribution in [2.75, 3.05) is 18.5 Å². The number of aliphatic hydroxyl groups is 1. The Labute approximate surface area is 117 Å². The Bertz CT molecular complexity index is 674. The lowest BCUT2D eigenvalue weighted by Crippen LogP contribution is -2.08. The number of benzene rings is 1. The van der Waals surface area contributed by atoms with E-state index in [0.29, 0.717) is 0 Å². The van der Waals surface area contributed by atoms with Gasteiger partial charge in [0, 0.05) is 6.54 Å². The Kier molecular flexibility index (Phi) is 4.09. The van der Waals surface area contributed by atoms with Crippen molar-refractivity contribution >= 4 is 5.82 Å². The van der Waals surface area contributed by atoms with Gasteiger partial charge in [-0.25, -0.2) is 0 Å². The van der Waals surface area contributed by atoms with Crippen LogP contribution in [0.3, 0.4) is 0 Å². The van der Waals surface area contributed by atoms with Gasteiger partial charge in [-0.2, -0.15) is 18.4 Å². The van der Waals surface area contributed by atoms with Crippen molar-refractivity contribution in [1.29, 1.82) is 5.26 Å². The minimum Gasteiger partial charge on any atom is -0.395 e. The molecule has 0 fully saturated rings. The van der Waals surface area contributed by atoms with Crippen LogP contribution in [-0.4, -0.2) is 33.3 Å². The van der Waals surface area contributed by atoms with Crippen LogP contribution in [0.25, 0.3) is 5.69 Å². The molecule has 6 nitrogen and oxygen atoms in total. The Morgan fingerprint density at radius 1 is 1.33 bits per heavy atom. The number of anilines is 1. The molecule has 0 bridgehead atoms. The zero-order valence-electron chi connectivity index (χ0n) is 10.6. The third kappa shape index (κ3) is 3.29. The molecule has 21 heavy (non-hydrogen) atoms. The molecule has 0 aliphatic rings. The number of nitrogens with zero attached hydrogens (tertiary/aromatic N) is 4. The number of nitrogens with one attached hydrogen (secondary N) is 1. The standard InChI is InChI=1S/C12H10F3N5O/c13-12(14,15)8-2-1-3-9(6-8)20-18-10(7-16)11(19-20)17-4-5-21/h1-3,6,21H,4-5H2,(H,17,19). The fourth-order valence-corrected chi connectivity index (χ4v) is 1.60. The minimum atomic E-state index is -4.47. The van der Waals surface area contributed by atoms with Crippen LogP contribution < -0.4 is 5.32 Å². The molecule has 0 saturated heterocycles. The van der Waals surface area contributed by atoms with E-state index in [4.69, 9.17) is 10.4 Å². The van der Waals surface area contributed by atoms with Crippen molar-refractivity contribution < 1.29 is 18.3 Å². The van der Waals surface area contributed by atoms with Gasteiger partial charge in [-0.3, -0.25) is 0 Å². The first-order valence-electron chi connectivity index (χ1n) is 5.85. The van der Waals surface area contributed by atoms with E-state index >= 15 is 0 Å². The molecule has 2 rings (SSSR count). The van der Waals surface area contributed by atoms with E-state index in [1.54, 1.807) is 6.07 Å². The predicted molar refractivity (Wildman–Crippen MR) is 66.7 cm³/mol. The number of nitriles is 1. The van der Waals surface area contributed by atoms with Crippen LogP contribution in [0.1, 0.15) is 11.3 Å². The van der Waals surface area contributed by atoms with Crippen molar-refractivity contribution in [2.45, 2.75) is 6.18 Å². The van der Waals surface area contributed by atoms with Crippen LogP contribution >= 0.6 is 0 Å². The molecule has 0 saturated carbocycles. The van der Waals surface area contributed by atoms with Crippen LogP contribution in [0.4, 0.5) is 19.0 Å². The summed E-state index contributed by atoms with van der Waals surface area (Å²) in [5, 5.41) is 28.0. The van der Waals surface area contributed by atoms with E-state index in [2.05, 4.69) is 15.5 Å². The summed E-state index contributed by atoms with van der Waals surface area (Å²) < 4.78 is 38.0. The number of aliphatic hydroxyl groups excluding tert-OH is 1. The number of aromatic nitrogens is 3. The van der Waals surface area contributed by atoms with Gasteiger partial charge in [-0.05, 0) is 18.2 Å². The smallest absolute Gasteiger partial charge is 0.395 e. The molecule has 0 unspecified atom stereocenters. The van der Waals surface area contributed by atoms with Crippen molar-refractivity contribution in [2.24, 2.45) is 0 Å². The van der Waals surface area contributed by atoms with E-state index in [-0.39, 0.29) is 30.4 Å². The number of hydrogen-bond donors (Lipinski definition) is 2. The molecule has 1 heterocycles. The lowest BCUT2D eigenvalue weighted by Gasteiger charge is -2.07. The van der Waals surface area contributed by atoms with Gasteiger partial charge in [0.2, 0.25) is 5.69 Å². The maximum atomic E-state index is 12.7. The molecular formula is C12H10F3N5O. The van der Waals surface area contributed by atoms with Gasteiger partial charge in [0.25, 0.3) is 0 Å². The molecule has 2 N–H and O–H groups in total. The van der Waals surface area contributed by atoms with Crippen LogP contribution in [0, 0.1) is 11.3 Å². The molecule has 2 aromatic rings. The van der Waals surface area contributed by atoms with Crippen LogP contribution in [-0.2, 0) is 6.18 Å². The van der Waals surface area contributed by atoms with Gasteiger partial charge in [0.05, 0.1) is 17.9 Å². The summed E-state index contributed by atoms with van der Waals surface area (Å²) in [6, 6.07) is 6.22. The molecule has 1 aromatic carbocycles. The average molecular weight is 297 g/mol. The first kappa shape index (κ1) is 14.8. The second-order valence-electron chi connectivity index (χ2n) is 4.00. The Morgan fingerprint density at radius 3 is 2.71 bits per heavy atom. The monoisotopic (exact) mass is 297 g/mol. The highest BCUT2D eigenvalue weighted by Gasteiger charge is 2.30. The fourth-order valence-electron chi connectivity index (χ4n) is 1.60. The largest absolute Gasteiger partial charge is 0.416 e. The molecule has 0 atom stereocenters. The van der Waals surface area contributed by atoms with E-state index in [0.717, 1.165) is 16.9 Å². The van der Waals surface area contributed by atoms with Crippen molar-refractivity contribution in [3.8, 4) is 11.8 Å². The average Bonchev–Trinajstić information content (AvgIpc) is 2.87. The van der Waals surface area contributed by atoms with Crippen molar-refractivity contribution in [3.63, 3.8) is 0 Å². The van der Waals surface area contributed by atoms with Crippen molar-refractivity contribution in [3.05, 3.63) is 35.5 Å². The lowest BCUT2D eigenvalue weighted by molar-refractivity contribution is -0.137. The molecule has 110 valence electrons. The van der Waals surface area contributed by atoms with E-state index < -0.39 is 11.7 Å². The molecule has 0 spiro atoms. The second kappa shape index (κ2) is 5.80.